The number of benzene rings is 2. The summed E-state index contributed by atoms with van der Waals surface area (Å²) in [6, 6.07) is 10.7. The minimum absolute atomic E-state index is 0.231. The van der Waals surface area contributed by atoms with Crippen molar-refractivity contribution < 1.29 is 22.4 Å². The number of rotatable bonds is 3. The summed E-state index contributed by atoms with van der Waals surface area (Å²) in [5.74, 6) is -1.58. The molecule has 0 unspecified atom stereocenters. The van der Waals surface area contributed by atoms with Gasteiger partial charge in [0.25, 0.3) is 5.91 Å². The third kappa shape index (κ3) is 3.84. The molecule has 2 aromatic heterocycles. The van der Waals surface area contributed by atoms with Gasteiger partial charge in [-0.3, -0.25) is 4.79 Å². The molecular weight excluding hydrogens is 436 g/mol. The van der Waals surface area contributed by atoms with E-state index in [0.717, 1.165) is 17.0 Å². The second kappa shape index (κ2) is 7.66. The molecule has 0 spiro atoms. The molecular formula is C21H13ClF4N4O. The maximum absolute atomic E-state index is 13.4. The quantitative estimate of drug-likeness (QED) is 0.388. The van der Waals surface area contributed by atoms with Crippen LogP contribution < -0.4 is 4.90 Å². The number of hydrogen-bond acceptors (Lipinski definition) is 3. The van der Waals surface area contributed by atoms with Gasteiger partial charge in [-0.2, -0.15) is 13.2 Å². The first kappa shape index (κ1) is 20.8. The van der Waals surface area contributed by atoms with Crippen LogP contribution >= 0.6 is 11.6 Å². The summed E-state index contributed by atoms with van der Waals surface area (Å²) in [6.07, 6.45) is -1.75. The first-order chi connectivity index (χ1) is 14.7. The molecule has 0 atom stereocenters. The predicted octanol–water partition coefficient (Wildman–Crippen LogP) is 5.51. The minimum atomic E-state index is -4.88. The molecule has 2 aromatic carbocycles. The lowest BCUT2D eigenvalue weighted by atomic mass is 10.1. The van der Waals surface area contributed by atoms with Gasteiger partial charge in [-0.25, -0.2) is 4.39 Å². The Morgan fingerprint density at radius 3 is 2.48 bits per heavy atom. The van der Waals surface area contributed by atoms with Gasteiger partial charge in [-0.15, -0.1) is 10.2 Å². The van der Waals surface area contributed by atoms with Gasteiger partial charge in [-0.1, -0.05) is 35.9 Å². The Balaban J connectivity index is 1.71. The largest absolute Gasteiger partial charge is 0.417 e. The van der Waals surface area contributed by atoms with Crippen molar-refractivity contribution in [1.29, 1.82) is 0 Å². The lowest BCUT2D eigenvalue weighted by molar-refractivity contribution is -0.138. The Morgan fingerprint density at radius 1 is 1.06 bits per heavy atom. The molecule has 1 amide bonds. The van der Waals surface area contributed by atoms with E-state index in [4.69, 9.17) is 11.6 Å². The van der Waals surface area contributed by atoms with Gasteiger partial charge in [0.1, 0.15) is 5.82 Å². The van der Waals surface area contributed by atoms with Gasteiger partial charge in [0.2, 0.25) is 0 Å². The topological polar surface area (TPSA) is 51.0 Å². The molecule has 0 aliphatic heterocycles. The zero-order chi connectivity index (χ0) is 22.3. The van der Waals surface area contributed by atoms with Gasteiger partial charge in [0.05, 0.1) is 16.8 Å². The van der Waals surface area contributed by atoms with Gasteiger partial charge >= 0.3 is 6.18 Å². The Bertz CT molecular complexity index is 1300. The van der Waals surface area contributed by atoms with Crippen LogP contribution in [0.4, 0.5) is 23.2 Å². The average Bonchev–Trinajstić information content (AvgIpc) is 3.22. The zero-order valence-electron chi connectivity index (χ0n) is 15.9. The number of carbonyl (C=O) groups is 1. The Kier molecular flexibility index (Phi) is 5.14. The zero-order valence-corrected chi connectivity index (χ0v) is 16.6. The van der Waals surface area contributed by atoms with E-state index >= 15 is 0 Å². The van der Waals surface area contributed by atoms with Crippen molar-refractivity contribution in [3.8, 4) is 5.82 Å². The van der Waals surface area contributed by atoms with Crippen LogP contribution in [0.15, 0.2) is 60.9 Å². The van der Waals surface area contributed by atoms with Gasteiger partial charge in [0, 0.05) is 30.2 Å². The van der Waals surface area contributed by atoms with E-state index in [9.17, 15) is 22.4 Å². The maximum Gasteiger partial charge on any atom is 0.417 e. The second-order valence-electron chi connectivity index (χ2n) is 6.69. The molecule has 2 heterocycles. The maximum atomic E-state index is 13.4. The fourth-order valence-corrected chi connectivity index (χ4v) is 3.40. The highest BCUT2D eigenvalue weighted by atomic mass is 35.5. The van der Waals surface area contributed by atoms with Crippen LogP contribution in [0.2, 0.25) is 5.15 Å². The fourth-order valence-electron chi connectivity index (χ4n) is 3.20. The van der Waals surface area contributed by atoms with Crippen LogP contribution in [0.3, 0.4) is 0 Å². The van der Waals surface area contributed by atoms with Crippen LogP contribution in [0, 0.1) is 5.82 Å². The van der Waals surface area contributed by atoms with Crippen molar-refractivity contribution in [2.45, 2.75) is 6.18 Å². The second-order valence-corrected chi connectivity index (χ2v) is 7.05. The van der Waals surface area contributed by atoms with E-state index < -0.39 is 29.0 Å². The molecule has 0 radical (unpaired) electrons. The van der Waals surface area contributed by atoms with Crippen molar-refractivity contribution in [1.82, 2.24) is 14.8 Å². The van der Waals surface area contributed by atoms with E-state index in [1.54, 1.807) is 41.1 Å². The molecule has 4 rings (SSSR count). The number of hydrogen-bond donors (Lipinski definition) is 0. The molecule has 0 saturated carbocycles. The molecule has 4 aromatic rings. The highest BCUT2D eigenvalue weighted by molar-refractivity contribution is 6.34. The summed E-state index contributed by atoms with van der Waals surface area (Å²) in [5, 5.41) is 9.63. The van der Waals surface area contributed by atoms with Crippen molar-refractivity contribution in [2.24, 2.45) is 0 Å². The molecule has 10 heteroatoms. The van der Waals surface area contributed by atoms with Crippen LogP contribution in [0.25, 0.3) is 16.6 Å². The number of carbonyl (C=O) groups excluding carboxylic acids is 1. The van der Waals surface area contributed by atoms with Crippen molar-refractivity contribution in [2.75, 3.05) is 11.9 Å². The lowest BCUT2D eigenvalue weighted by Gasteiger charge is -2.19. The first-order valence-electron chi connectivity index (χ1n) is 8.91. The molecule has 0 aliphatic rings. The SMILES string of the molecule is CN(C(=O)c1ccc(F)cc1C(F)(F)F)c1ccn(-c2nnc(Cl)c3ccccc23)c1. The third-order valence-corrected chi connectivity index (χ3v) is 5.03. The van der Waals surface area contributed by atoms with E-state index in [1.165, 1.54) is 13.2 Å². The molecule has 0 aliphatic carbocycles. The monoisotopic (exact) mass is 448 g/mol. The summed E-state index contributed by atoms with van der Waals surface area (Å²) in [4.78, 5) is 13.8. The summed E-state index contributed by atoms with van der Waals surface area (Å²) in [6.45, 7) is 0. The number of fused-ring (bicyclic) bond motifs is 1. The van der Waals surface area contributed by atoms with E-state index in [-0.39, 0.29) is 5.15 Å². The van der Waals surface area contributed by atoms with Crippen LogP contribution in [-0.4, -0.2) is 27.7 Å². The molecule has 0 N–H and O–H groups in total. The molecule has 0 bridgehead atoms. The summed E-state index contributed by atoms with van der Waals surface area (Å²) < 4.78 is 54.8. The van der Waals surface area contributed by atoms with Crippen molar-refractivity contribution >= 4 is 34.0 Å². The Labute approximate surface area is 178 Å². The summed E-state index contributed by atoms with van der Waals surface area (Å²) in [5.41, 5.74) is -1.68. The standard InChI is InChI=1S/C21H13ClF4N4O/c1-29(20(31)16-7-6-12(23)10-17(16)21(24,25)26)13-8-9-30(11-13)19-15-5-3-2-4-14(15)18(22)27-28-19/h2-11H,1H3. The molecule has 0 saturated heterocycles. The van der Waals surface area contributed by atoms with Crippen molar-refractivity contribution in [3.05, 3.63) is 83.0 Å². The number of anilines is 1. The number of aromatic nitrogens is 3. The minimum Gasteiger partial charge on any atom is -0.310 e. The van der Waals surface area contributed by atoms with Crippen molar-refractivity contribution in [3.63, 3.8) is 0 Å². The van der Waals surface area contributed by atoms with Gasteiger partial charge in [0.15, 0.2) is 11.0 Å². The molecule has 158 valence electrons. The molecule has 0 fully saturated rings. The Morgan fingerprint density at radius 2 is 1.77 bits per heavy atom. The highest BCUT2D eigenvalue weighted by Crippen LogP contribution is 2.34. The van der Waals surface area contributed by atoms with E-state index in [0.29, 0.717) is 28.3 Å². The summed E-state index contributed by atoms with van der Waals surface area (Å²) >= 11 is 6.09. The average molecular weight is 449 g/mol. The van der Waals surface area contributed by atoms with Crippen LogP contribution in [0.1, 0.15) is 15.9 Å². The molecule has 31 heavy (non-hydrogen) atoms. The summed E-state index contributed by atoms with van der Waals surface area (Å²) in [7, 11) is 1.33. The normalized spacial score (nSPS) is 11.7. The van der Waals surface area contributed by atoms with E-state index in [2.05, 4.69) is 10.2 Å². The fraction of sp³-hybridized carbons (Fsp3) is 0.0952. The molecule has 5 nitrogen and oxygen atoms in total. The van der Waals surface area contributed by atoms with E-state index in [1.807, 2.05) is 0 Å². The van der Waals surface area contributed by atoms with Crippen LogP contribution in [-0.2, 0) is 6.18 Å². The first-order valence-corrected chi connectivity index (χ1v) is 9.28. The highest BCUT2D eigenvalue weighted by Gasteiger charge is 2.36. The lowest BCUT2D eigenvalue weighted by Crippen LogP contribution is -2.28. The van der Waals surface area contributed by atoms with Crippen LogP contribution in [0.5, 0.6) is 0 Å². The number of alkyl halides is 3. The van der Waals surface area contributed by atoms with Gasteiger partial charge < -0.3 is 9.47 Å². The van der Waals surface area contributed by atoms with Gasteiger partial charge in [-0.05, 0) is 24.3 Å². The third-order valence-electron chi connectivity index (χ3n) is 4.75. The number of nitrogens with zero attached hydrogens (tertiary/aromatic N) is 4. The number of amides is 1. The predicted molar refractivity (Wildman–Crippen MR) is 108 cm³/mol. The Hall–Kier alpha value is -3.46. The smallest absolute Gasteiger partial charge is 0.310 e. The number of halogens is 5.